The van der Waals surface area contributed by atoms with Crippen LogP contribution in [0.25, 0.3) is 10.2 Å². The number of rotatable bonds is 25. The molecule has 8 rings (SSSR count). The van der Waals surface area contributed by atoms with Gasteiger partial charge in [0.25, 0.3) is 8.32 Å². The van der Waals surface area contributed by atoms with E-state index in [1.54, 1.807) is 23.5 Å². The van der Waals surface area contributed by atoms with E-state index < -0.39 is 28.2 Å². The van der Waals surface area contributed by atoms with Gasteiger partial charge >= 0.3 is 0 Å². The first kappa shape index (κ1) is 61.2. The van der Waals surface area contributed by atoms with Crippen molar-refractivity contribution in [3.63, 3.8) is 0 Å². The number of aromatic nitrogens is 4. The van der Waals surface area contributed by atoms with Crippen molar-refractivity contribution >= 4 is 82.4 Å². The maximum Gasteiger partial charge on any atom is 0.261 e. The molecular weight excluding hydrogens is 1090 g/mol. The third-order valence-corrected chi connectivity index (χ3v) is 23.9. The van der Waals surface area contributed by atoms with Gasteiger partial charge in [-0.2, -0.15) is 4.99 Å². The number of carboxylic acid groups (broad SMARTS) is 1. The van der Waals surface area contributed by atoms with Crippen molar-refractivity contribution in [1.29, 1.82) is 0 Å². The Morgan fingerprint density at radius 2 is 1.59 bits per heavy atom. The van der Waals surface area contributed by atoms with E-state index in [1.165, 1.54) is 47.0 Å². The number of likely N-dealkylation sites (N-methyl/N-ethyl adjacent to an activating group) is 1. The smallest absolute Gasteiger partial charge is 0.261 e. The van der Waals surface area contributed by atoms with Crippen LogP contribution in [0.1, 0.15) is 85.8 Å². The minimum absolute atomic E-state index is 0.107. The van der Waals surface area contributed by atoms with Crippen LogP contribution in [0.3, 0.4) is 0 Å². The first-order valence-electron chi connectivity index (χ1n) is 28.4. The number of piperidine rings is 1. The van der Waals surface area contributed by atoms with E-state index in [2.05, 4.69) is 137 Å². The van der Waals surface area contributed by atoms with Crippen molar-refractivity contribution in [2.45, 2.75) is 116 Å². The van der Waals surface area contributed by atoms with Crippen LogP contribution in [0.5, 0.6) is 5.75 Å². The predicted molar refractivity (Wildman–Crippen MR) is 331 cm³/mol. The van der Waals surface area contributed by atoms with Gasteiger partial charge in [0.15, 0.2) is 33.1 Å². The molecule has 81 heavy (non-hydrogen) atoms. The molecule has 0 radical (unpaired) electrons. The molecule has 0 bridgehead atoms. The Balaban J connectivity index is 1.12. The fraction of sp³-hybridized carbons (Fsp3) is 0.444. The van der Waals surface area contributed by atoms with Gasteiger partial charge in [0, 0.05) is 31.7 Å². The molecule has 1 aliphatic rings. The predicted octanol–water partition coefficient (Wildman–Crippen LogP) is 10.7. The zero-order valence-corrected chi connectivity index (χ0v) is 52.7. The second-order valence-corrected chi connectivity index (χ2v) is 36.1. The van der Waals surface area contributed by atoms with Crippen LogP contribution in [0.15, 0.2) is 114 Å². The number of carboxylic acids is 1. The van der Waals surface area contributed by atoms with Gasteiger partial charge in [0.1, 0.15) is 19.0 Å². The number of quaternary nitrogens is 1. The van der Waals surface area contributed by atoms with Gasteiger partial charge in [-0.3, -0.25) is 9.47 Å². The summed E-state index contributed by atoms with van der Waals surface area (Å²) in [5.41, 5.74) is 2.25. The lowest BCUT2D eigenvalue weighted by Crippen LogP contribution is -2.69. The van der Waals surface area contributed by atoms with Crippen molar-refractivity contribution < 1.29 is 32.7 Å². The highest BCUT2D eigenvalue weighted by Gasteiger charge is 2.52. The summed E-state index contributed by atoms with van der Waals surface area (Å²) < 4.78 is 39.5. The summed E-state index contributed by atoms with van der Waals surface area (Å²) >= 11 is 2.87. The topological polar surface area (TPSA) is 130 Å². The molecule has 0 saturated carbocycles. The number of likely N-dealkylation sites (tertiary alicyclic amines) is 1. The lowest BCUT2D eigenvalue weighted by atomic mass is 10.1. The van der Waals surface area contributed by atoms with Gasteiger partial charge in [0.2, 0.25) is 0 Å². The first-order valence-corrected chi connectivity index (χ1v) is 35.7. The number of aromatic carboxylic acids is 1. The van der Waals surface area contributed by atoms with Gasteiger partial charge in [-0.25, -0.2) is 9.37 Å². The molecule has 7 aromatic rings. The van der Waals surface area contributed by atoms with Crippen molar-refractivity contribution in [3.8, 4) is 17.6 Å². The van der Waals surface area contributed by atoms with Gasteiger partial charge in [0.05, 0.1) is 55.6 Å². The molecule has 4 heterocycles. The van der Waals surface area contributed by atoms with Crippen LogP contribution in [0, 0.1) is 24.6 Å². The number of aryl methyl sites for hydroxylation is 2. The molecule has 0 N–H and O–H groups in total. The Labute approximate surface area is 489 Å². The molecule has 1 aliphatic heterocycles. The Kier molecular flexibility index (Phi) is 20.7. The highest BCUT2D eigenvalue weighted by atomic mass is 32.1. The van der Waals surface area contributed by atoms with Crippen molar-refractivity contribution in [3.05, 3.63) is 142 Å². The Hall–Kier alpha value is -5.89. The third-order valence-electron chi connectivity index (χ3n) is 14.9. The molecule has 0 amide bonds. The van der Waals surface area contributed by atoms with Crippen LogP contribution in [-0.4, -0.2) is 125 Å². The van der Waals surface area contributed by atoms with Crippen LogP contribution >= 0.6 is 22.7 Å². The Bertz CT molecular complexity index is 3300. The molecule has 1 saturated heterocycles. The molecule has 4 aromatic carbocycles. The molecule has 3 aromatic heterocycles. The minimum Gasteiger partial charge on any atom is -0.543 e. The van der Waals surface area contributed by atoms with Gasteiger partial charge in [-0.05, 0) is 129 Å². The summed E-state index contributed by atoms with van der Waals surface area (Å²) in [7, 11) is 1.97. The largest absolute Gasteiger partial charge is 0.543 e. The fourth-order valence-corrected chi connectivity index (χ4v) is 18.2. The van der Waals surface area contributed by atoms with Gasteiger partial charge in [-0.15, -0.1) is 21.5 Å². The number of ether oxygens (including phenoxy) is 2. The van der Waals surface area contributed by atoms with Crippen LogP contribution in [0.4, 0.5) is 21.2 Å². The molecule has 1 unspecified atom stereocenters. The quantitative estimate of drug-likeness (QED) is 0.0236. The normalized spacial score (nSPS) is 14.5. The molecular formula is C63H81FN8O5S2Si2. The van der Waals surface area contributed by atoms with E-state index in [4.69, 9.17) is 34.1 Å². The summed E-state index contributed by atoms with van der Waals surface area (Å²) in [5.74, 6) is 5.22. The second kappa shape index (κ2) is 27.5. The van der Waals surface area contributed by atoms with E-state index >= 15 is 4.39 Å². The SMILES string of the molecule is Cc1cc(N(CCCC(C[N+]2(C)CCCCC2)O[Si](c2ccccc2)(c2ccccc2)C(C)(C)C)c2nc(C(=O)[O-])c(CCCOc3ccc(C#CCN(C)C)cc3F)s2)nnc1N=c1sc2ccccc2n1COCC[Si](C)(C)C. The molecule has 0 aliphatic carbocycles. The van der Waals surface area contributed by atoms with Crippen molar-refractivity contribution in [2.24, 2.45) is 4.99 Å². The van der Waals surface area contributed by atoms with Gasteiger partial charge in [-0.1, -0.05) is 136 Å². The zero-order chi connectivity index (χ0) is 57.8. The molecule has 1 atom stereocenters. The zero-order valence-electron chi connectivity index (χ0n) is 49.1. The average molecular weight is 1170 g/mol. The number of nitrogens with zero attached hydrogens (tertiary/aromatic N) is 8. The van der Waals surface area contributed by atoms with Crippen LogP contribution in [-0.2, 0) is 22.3 Å². The number of halogens is 1. The number of fused-ring (bicyclic) bond motifs is 1. The maximum absolute atomic E-state index is 15.2. The summed E-state index contributed by atoms with van der Waals surface area (Å²) in [6.45, 7) is 21.2. The van der Waals surface area contributed by atoms with Crippen molar-refractivity contribution in [1.82, 2.24) is 24.6 Å². The van der Waals surface area contributed by atoms with Crippen molar-refractivity contribution in [2.75, 3.05) is 72.0 Å². The summed E-state index contributed by atoms with van der Waals surface area (Å²) in [5, 5.41) is 25.3. The number of hydrogen-bond donors (Lipinski definition) is 0. The molecule has 0 spiro atoms. The Morgan fingerprint density at radius 1 is 0.901 bits per heavy atom. The molecule has 13 nitrogen and oxygen atoms in total. The first-order chi connectivity index (χ1) is 38.7. The summed E-state index contributed by atoms with van der Waals surface area (Å²) in [4.78, 5) is 28.1. The number of anilines is 2. The van der Waals surface area contributed by atoms with E-state index in [9.17, 15) is 9.90 Å². The third kappa shape index (κ3) is 16.0. The molecule has 1 fully saturated rings. The maximum atomic E-state index is 15.2. The summed E-state index contributed by atoms with van der Waals surface area (Å²) in [6.07, 6.45) is 5.60. The molecule has 430 valence electrons. The Morgan fingerprint density at radius 3 is 2.23 bits per heavy atom. The summed E-state index contributed by atoms with van der Waals surface area (Å²) in [6, 6.07) is 37.6. The average Bonchev–Trinajstić information content (AvgIpc) is 4.13. The van der Waals surface area contributed by atoms with Crippen LogP contribution in [0.2, 0.25) is 30.7 Å². The van der Waals surface area contributed by atoms with E-state index in [0.717, 1.165) is 57.2 Å². The second-order valence-electron chi connectivity index (χ2n) is 24.1. The number of carbonyl (C=O) groups is 1. The number of hydrogen-bond acceptors (Lipinski definition) is 13. The standard InChI is InChI=1S/C63H81FN8O5S2Si2/c1-47-43-57(67-68-59(47)66-62-71(46-75-41-42-80(8,9)10)53-31-18-19-32-55(53)78-62)70(61-65-58(60(73)74)56(79-61)33-24-40-76-54-35-34-48(44-52(54)64)25-22-36-69(5)6)37-23-26-49(45-72(7)38-20-13-21-39-72)77-81(63(2,3)4,50-27-14-11-15-28-50)51-29-16-12-17-30-51/h11-12,14-19,27-32,34-35,43-44,49H,13,20-21,23-24,26,33,36-42,45-46H2,1-10H3. The van der Waals surface area contributed by atoms with E-state index in [0.29, 0.717) is 72.9 Å². The monoisotopic (exact) mass is 1170 g/mol. The van der Waals surface area contributed by atoms with Gasteiger partial charge < -0.3 is 33.2 Å². The minimum atomic E-state index is -2.97. The van der Waals surface area contributed by atoms with Crippen LogP contribution < -0.4 is 29.9 Å². The van der Waals surface area contributed by atoms with E-state index in [-0.39, 0.29) is 29.2 Å². The number of para-hydroxylation sites is 1. The fourth-order valence-electron chi connectivity index (χ4n) is 10.6. The number of thiazole rings is 2. The van der Waals surface area contributed by atoms with E-state index in [1.807, 2.05) is 49.0 Å². The lowest BCUT2D eigenvalue weighted by Gasteiger charge is -2.47. The number of carbonyl (C=O) groups excluding carboxylic acids is 1. The highest BCUT2D eigenvalue weighted by Crippen LogP contribution is 2.39. The number of benzene rings is 4. The molecule has 18 heteroatoms. The highest BCUT2D eigenvalue weighted by molar-refractivity contribution is 7.16. The lowest BCUT2D eigenvalue weighted by molar-refractivity contribution is -0.916.